The molecule has 1 aromatic carbocycles. The molecule has 0 radical (unpaired) electrons. The summed E-state index contributed by atoms with van der Waals surface area (Å²) in [6.45, 7) is 5.69. The molecule has 0 spiro atoms. The lowest BCUT2D eigenvalue weighted by atomic mass is 10.0. The summed E-state index contributed by atoms with van der Waals surface area (Å²) < 4.78 is 4.76. The van der Waals surface area contributed by atoms with E-state index in [9.17, 15) is 15.0 Å². The maximum absolute atomic E-state index is 11.7. The summed E-state index contributed by atoms with van der Waals surface area (Å²) in [6.07, 6.45) is 0. The van der Waals surface area contributed by atoms with Crippen LogP contribution in [-0.2, 0) is 9.53 Å². The van der Waals surface area contributed by atoms with Crippen LogP contribution in [-0.4, -0.2) is 29.3 Å². The van der Waals surface area contributed by atoms with E-state index in [2.05, 4.69) is 5.32 Å². The lowest BCUT2D eigenvalue weighted by molar-refractivity contribution is -0.144. The standard InChI is InChI=1S/C14H21NO4/c1-8(2)13(14(18)19-4)15-9(3)10-5-11(16)7-12(17)6-10/h5-9,13,15-17H,1-4H3/t9?,13-/m0/s1. The van der Waals surface area contributed by atoms with Crippen LogP contribution >= 0.6 is 0 Å². The zero-order chi connectivity index (χ0) is 14.6. The second-order valence-electron chi connectivity index (χ2n) is 4.92. The van der Waals surface area contributed by atoms with Crippen LogP contribution < -0.4 is 5.32 Å². The molecule has 0 amide bonds. The van der Waals surface area contributed by atoms with E-state index in [1.54, 1.807) is 12.1 Å². The predicted molar refractivity (Wildman–Crippen MR) is 72.0 cm³/mol. The number of methoxy groups -OCH3 is 1. The van der Waals surface area contributed by atoms with Crippen LogP contribution in [0.15, 0.2) is 18.2 Å². The second-order valence-corrected chi connectivity index (χ2v) is 4.92. The van der Waals surface area contributed by atoms with Gasteiger partial charge in [0, 0.05) is 12.1 Å². The first-order valence-corrected chi connectivity index (χ1v) is 6.22. The van der Waals surface area contributed by atoms with Gasteiger partial charge in [0.15, 0.2) is 0 Å². The first kappa shape index (κ1) is 15.3. The summed E-state index contributed by atoms with van der Waals surface area (Å²) in [4.78, 5) is 11.7. The minimum absolute atomic E-state index is 0.0113. The Morgan fingerprint density at radius 2 is 1.68 bits per heavy atom. The molecule has 0 aliphatic carbocycles. The van der Waals surface area contributed by atoms with Crippen molar-refractivity contribution in [1.29, 1.82) is 0 Å². The molecule has 3 N–H and O–H groups in total. The van der Waals surface area contributed by atoms with Gasteiger partial charge in [-0.15, -0.1) is 0 Å². The number of phenols is 2. The fourth-order valence-electron chi connectivity index (χ4n) is 1.89. The van der Waals surface area contributed by atoms with Crippen molar-refractivity contribution in [3.8, 4) is 11.5 Å². The zero-order valence-electron chi connectivity index (χ0n) is 11.7. The largest absolute Gasteiger partial charge is 0.508 e. The van der Waals surface area contributed by atoms with Crippen LogP contribution in [0, 0.1) is 5.92 Å². The van der Waals surface area contributed by atoms with Gasteiger partial charge in [0.05, 0.1) is 7.11 Å². The molecule has 0 aliphatic heterocycles. The van der Waals surface area contributed by atoms with Crippen molar-refractivity contribution in [3.63, 3.8) is 0 Å². The third-order valence-corrected chi connectivity index (χ3v) is 2.98. The van der Waals surface area contributed by atoms with Crippen LogP contribution in [0.4, 0.5) is 0 Å². The highest BCUT2D eigenvalue weighted by molar-refractivity contribution is 5.76. The van der Waals surface area contributed by atoms with E-state index in [4.69, 9.17) is 4.74 Å². The summed E-state index contributed by atoms with van der Waals surface area (Å²) in [5.74, 6) is -0.280. The first-order valence-electron chi connectivity index (χ1n) is 6.22. The SMILES string of the molecule is COC(=O)[C@@H](NC(C)c1cc(O)cc(O)c1)C(C)C. The van der Waals surface area contributed by atoms with Crippen molar-refractivity contribution in [2.45, 2.75) is 32.9 Å². The normalized spacial score (nSPS) is 14.2. The molecule has 106 valence electrons. The molecule has 0 aliphatic rings. The van der Waals surface area contributed by atoms with Crippen LogP contribution in [0.1, 0.15) is 32.4 Å². The number of benzene rings is 1. The molecule has 1 aromatic rings. The van der Waals surface area contributed by atoms with Crippen LogP contribution in [0.5, 0.6) is 11.5 Å². The monoisotopic (exact) mass is 267 g/mol. The Balaban J connectivity index is 2.87. The van der Waals surface area contributed by atoms with E-state index in [1.807, 2.05) is 20.8 Å². The second kappa shape index (κ2) is 6.43. The van der Waals surface area contributed by atoms with E-state index in [-0.39, 0.29) is 29.4 Å². The molecular formula is C14H21NO4. The predicted octanol–water partition coefficient (Wildman–Crippen LogP) is 1.95. The Bertz CT molecular complexity index is 425. The molecule has 0 saturated heterocycles. The van der Waals surface area contributed by atoms with Gasteiger partial charge in [0.2, 0.25) is 0 Å². The third kappa shape index (κ3) is 4.13. The van der Waals surface area contributed by atoms with Crippen LogP contribution in [0.3, 0.4) is 0 Å². The Hall–Kier alpha value is -1.75. The Kier molecular flexibility index (Phi) is 5.18. The minimum atomic E-state index is -0.440. The number of aromatic hydroxyl groups is 2. The topological polar surface area (TPSA) is 78.8 Å². The molecule has 0 saturated carbocycles. The number of carbonyl (C=O) groups is 1. The van der Waals surface area contributed by atoms with Gasteiger partial charge < -0.3 is 14.9 Å². The maximum Gasteiger partial charge on any atom is 0.323 e. The van der Waals surface area contributed by atoms with Gasteiger partial charge in [-0.3, -0.25) is 10.1 Å². The number of ether oxygens (including phenoxy) is 1. The molecule has 5 heteroatoms. The number of phenolic OH excluding ortho intramolecular Hbond substituents is 2. The highest BCUT2D eigenvalue weighted by Gasteiger charge is 2.25. The van der Waals surface area contributed by atoms with Gasteiger partial charge in [-0.2, -0.15) is 0 Å². The first-order chi connectivity index (χ1) is 8.85. The molecule has 2 atom stereocenters. The Morgan fingerprint density at radius 1 is 1.16 bits per heavy atom. The van der Waals surface area contributed by atoms with Gasteiger partial charge in [-0.1, -0.05) is 13.8 Å². The fourth-order valence-corrected chi connectivity index (χ4v) is 1.89. The van der Waals surface area contributed by atoms with Crippen molar-refractivity contribution < 1.29 is 19.7 Å². The number of hydrogen-bond acceptors (Lipinski definition) is 5. The van der Waals surface area contributed by atoms with Gasteiger partial charge in [-0.25, -0.2) is 0 Å². The van der Waals surface area contributed by atoms with E-state index in [1.165, 1.54) is 13.2 Å². The molecule has 5 nitrogen and oxygen atoms in total. The summed E-state index contributed by atoms with van der Waals surface area (Å²) in [7, 11) is 1.35. The summed E-state index contributed by atoms with van der Waals surface area (Å²) >= 11 is 0. The molecule has 1 rings (SSSR count). The van der Waals surface area contributed by atoms with Crippen LogP contribution in [0.25, 0.3) is 0 Å². The van der Waals surface area contributed by atoms with Crippen molar-refractivity contribution in [2.75, 3.05) is 7.11 Å². The van der Waals surface area contributed by atoms with Crippen molar-refractivity contribution in [2.24, 2.45) is 5.92 Å². The summed E-state index contributed by atoms with van der Waals surface area (Å²) in [5, 5.41) is 22.1. The Labute approximate surface area is 113 Å². The summed E-state index contributed by atoms with van der Waals surface area (Å²) in [6, 6.07) is 3.71. The van der Waals surface area contributed by atoms with E-state index in [0.717, 1.165) is 0 Å². The van der Waals surface area contributed by atoms with Gasteiger partial charge >= 0.3 is 5.97 Å². The number of nitrogens with one attached hydrogen (secondary N) is 1. The zero-order valence-corrected chi connectivity index (χ0v) is 11.7. The number of esters is 1. The molecular weight excluding hydrogens is 246 g/mol. The average Bonchev–Trinajstić information content (AvgIpc) is 2.33. The molecule has 0 fully saturated rings. The highest BCUT2D eigenvalue weighted by atomic mass is 16.5. The van der Waals surface area contributed by atoms with E-state index < -0.39 is 6.04 Å². The number of hydrogen-bond donors (Lipinski definition) is 3. The Morgan fingerprint density at radius 3 is 2.11 bits per heavy atom. The van der Waals surface area contributed by atoms with Crippen molar-refractivity contribution >= 4 is 5.97 Å². The highest BCUT2D eigenvalue weighted by Crippen LogP contribution is 2.25. The quantitative estimate of drug-likeness (QED) is 0.711. The molecule has 19 heavy (non-hydrogen) atoms. The molecule has 0 bridgehead atoms. The van der Waals surface area contributed by atoms with Gasteiger partial charge in [0.25, 0.3) is 0 Å². The fraction of sp³-hybridized carbons (Fsp3) is 0.500. The maximum atomic E-state index is 11.7. The molecule has 0 aromatic heterocycles. The van der Waals surface area contributed by atoms with E-state index in [0.29, 0.717) is 5.56 Å². The molecule has 1 unspecified atom stereocenters. The van der Waals surface area contributed by atoms with Gasteiger partial charge in [-0.05, 0) is 30.5 Å². The van der Waals surface area contributed by atoms with E-state index >= 15 is 0 Å². The third-order valence-electron chi connectivity index (χ3n) is 2.98. The minimum Gasteiger partial charge on any atom is -0.508 e. The summed E-state index contributed by atoms with van der Waals surface area (Å²) in [5.41, 5.74) is 0.701. The lowest BCUT2D eigenvalue weighted by Crippen LogP contribution is -2.42. The average molecular weight is 267 g/mol. The smallest absolute Gasteiger partial charge is 0.323 e. The van der Waals surface area contributed by atoms with Crippen LogP contribution in [0.2, 0.25) is 0 Å². The number of rotatable bonds is 5. The number of carbonyl (C=O) groups excluding carboxylic acids is 1. The molecule has 0 heterocycles. The lowest BCUT2D eigenvalue weighted by Gasteiger charge is -2.24. The van der Waals surface area contributed by atoms with Crippen molar-refractivity contribution in [3.05, 3.63) is 23.8 Å². The van der Waals surface area contributed by atoms with Crippen molar-refractivity contribution in [1.82, 2.24) is 5.32 Å². The van der Waals surface area contributed by atoms with Gasteiger partial charge in [0.1, 0.15) is 17.5 Å².